The van der Waals surface area contributed by atoms with Gasteiger partial charge in [-0.3, -0.25) is 0 Å². The van der Waals surface area contributed by atoms with Crippen molar-refractivity contribution in [1.29, 1.82) is 0 Å². The molecule has 0 radical (unpaired) electrons. The summed E-state index contributed by atoms with van der Waals surface area (Å²) in [6.07, 6.45) is 2.92. The second-order valence-electron chi connectivity index (χ2n) is 5.29. The van der Waals surface area contributed by atoms with Gasteiger partial charge in [0.05, 0.1) is 0 Å². The molecule has 0 spiro atoms. The first-order valence-corrected chi connectivity index (χ1v) is 6.66. The lowest BCUT2D eigenvalue weighted by molar-refractivity contribution is 0.452. The molecule has 1 unspecified atom stereocenters. The first-order valence-electron chi connectivity index (χ1n) is 6.66. The van der Waals surface area contributed by atoms with E-state index in [1.807, 2.05) is 0 Å². The molecule has 0 aliphatic carbocycles. The molecule has 0 aliphatic rings. The topological polar surface area (TPSA) is 12.0 Å². The molecule has 18 heavy (non-hydrogen) atoms. The van der Waals surface area contributed by atoms with Gasteiger partial charge in [-0.15, -0.1) is 0 Å². The molecule has 1 nitrogen and oxygen atoms in total. The summed E-state index contributed by atoms with van der Waals surface area (Å²) in [7, 11) is 0. The van der Waals surface area contributed by atoms with Gasteiger partial charge in [-0.25, -0.2) is 8.78 Å². The lowest BCUT2D eigenvalue weighted by Gasteiger charge is -2.13. The molecule has 0 amide bonds. The molecule has 102 valence electrons. The van der Waals surface area contributed by atoms with Crippen LogP contribution in [-0.2, 0) is 6.42 Å². The second kappa shape index (κ2) is 7.47. The van der Waals surface area contributed by atoms with Crippen LogP contribution >= 0.6 is 0 Å². The maximum Gasteiger partial charge on any atom is 0.159 e. The van der Waals surface area contributed by atoms with Crippen molar-refractivity contribution in [2.45, 2.75) is 46.1 Å². The van der Waals surface area contributed by atoms with Crippen LogP contribution in [0.15, 0.2) is 18.2 Å². The van der Waals surface area contributed by atoms with Crippen molar-refractivity contribution >= 4 is 0 Å². The zero-order valence-corrected chi connectivity index (χ0v) is 11.5. The fourth-order valence-corrected chi connectivity index (χ4v) is 1.87. The zero-order chi connectivity index (χ0) is 13.5. The van der Waals surface area contributed by atoms with Gasteiger partial charge in [0.2, 0.25) is 0 Å². The van der Waals surface area contributed by atoms with Crippen LogP contribution in [0.1, 0.15) is 39.2 Å². The number of halogens is 2. The zero-order valence-electron chi connectivity index (χ0n) is 11.5. The third kappa shape index (κ3) is 5.58. The highest BCUT2D eigenvalue weighted by molar-refractivity contribution is 5.17. The summed E-state index contributed by atoms with van der Waals surface area (Å²) < 4.78 is 25.8. The van der Waals surface area contributed by atoms with Crippen LogP contribution in [0.25, 0.3) is 0 Å². The molecule has 1 aromatic rings. The maximum absolute atomic E-state index is 13.0. The number of nitrogens with one attached hydrogen (secondary N) is 1. The average molecular weight is 255 g/mol. The van der Waals surface area contributed by atoms with Crippen LogP contribution in [0.5, 0.6) is 0 Å². The highest BCUT2D eigenvalue weighted by Crippen LogP contribution is 2.15. The quantitative estimate of drug-likeness (QED) is 0.778. The smallest absolute Gasteiger partial charge is 0.159 e. The van der Waals surface area contributed by atoms with Crippen molar-refractivity contribution in [3.05, 3.63) is 35.4 Å². The SMILES string of the molecule is CC(CCNC(C)C)CCc1ccc(F)c(F)c1. The van der Waals surface area contributed by atoms with Gasteiger partial charge < -0.3 is 5.32 Å². The number of benzene rings is 1. The largest absolute Gasteiger partial charge is 0.315 e. The Bertz CT molecular complexity index is 364. The van der Waals surface area contributed by atoms with Crippen molar-refractivity contribution in [2.24, 2.45) is 5.92 Å². The van der Waals surface area contributed by atoms with Crippen molar-refractivity contribution in [2.75, 3.05) is 6.54 Å². The number of aryl methyl sites for hydroxylation is 1. The Hall–Kier alpha value is -0.960. The van der Waals surface area contributed by atoms with Crippen molar-refractivity contribution in [3.63, 3.8) is 0 Å². The molecule has 0 saturated carbocycles. The first-order chi connectivity index (χ1) is 8.49. The van der Waals surface area contributed by atoms with Gasteiger partial charge in [-0.1, -0.05) is 26.8 Å². The van der Waals surface area contributed by atoms with Crippen LogP contribution in [0.2, 0.25) is 0 Å². The minimum Gasteiger partial charge on any atom is -0.315 e. The molecular formula is C15H23F2N. The Labute approximate surface area is 109 Å². The highest BCUT2D eigenvalue weighted by atomic mass is 19.2. The molecule has 1 aromatic carbocycles. The van der Waals surface area contributed by atoms with E-state index >= 15 is 0 Å². The highest BCUT2D eigenvalue weighted by Gasteiger charge is 2.06. The Kier molecular flexibility index (Phi) is 6.27. The monoisotopic (exact) mass is 255 g/mol. The van der Waals surface area contributed by atoms with Gasteiger partial charge in [-0.2, -0.15) is 0 Å². The lowest BCUT2D eigenvalue weighted by atomic mass is 9.98. The molecule has 1 rings (SSSR count). The van der Waals surface area contributed by atoms with E-state index < -0.39 is 11.6 Å². The molecule has 1 atom stereocenters. The van der Waals surface area contributed by atoms with Gasteiger partial charge in [0.1, 0.15) is 0 Å². The van der Waals surface area contributed by atoms with Gasteiger partial charge in [0.15, 0.2) is 11.6 Å². The van der Waals surface area contributed by atoms with Gasteiger partial charge in [0.25, 0.3) is 0 Å². The Morgan fingerprint density at radius 1 is 1.06 bits per heavy atom. The third-order valence-corrected chi connectivity index (χ3v) is 3.10. The van der Waals surface area contributed by atoms with E-state index in [2.05, 4.69) is 26.1 Å². The standard InChI is InChI=1S/C15H23F2N/c1-11(2)18-9-8-12(3)4-5-13-6-7-14(16)15(17)10-13/h6-7,10-12,18H,4-5,8-9H2,1-3H3. The van der Waals surface area contributed by atoms with Crippen molar-refractivity contribution in [1.82, 2.24) is 5.32 Å². The van der Waals surface area contributed by atoms with E-state index in [1.54, 1.807) is 6.07 Å². The fourth-order valence-electron chi connectivity index (χ4n) is 1.87. The summed E-state index contributed by atoms with van der Waals surface area (Å²) in [6, 6.07) is 4.69. The molecule has 0 saturated heterocycles. The fraction of sp³-hybridized carbons (Fsp3) is 0.600. The molecule has 0 fully saturated rings. The van der Waals surface area contributed by atoms with E-state index in [9.17, 15) is 8.78 Å². The summed E-state index contributed by atoms with van der Waals surface area (Å²) in [5.74, 6) is -0.932. The van der Waals surface area contributed by atoms with Gasteiger partial charge in [0, 0.05) is 6.04 Å². The van der Waals surface area contributed by atoms with E-state index in [0.717, 1.165) is 31.4 Å². The predicted molar refractivity (Wildman–Crippen MR) is 71.6 cm³/mol. The number of rotatable bonds is 7. The molecule has 0 heterocycles. The first kappa shape index (κ1) is 15.1. The van der Waals surface area contributed by atoms with Crippen LogP contribution < -0.4 is 5.32 Å². The van der Waals surface area contributed by atoms with Crippen LogP contribution in [0, 0.1) is 17.6 Å². The summed E-state index contributed by atoms with van der Waals surface area (Å²) in [4.78, 5) is 0. The van der Waals surface area contributed by atoms with E-state index in [-0.39, 0.29) is 0 Å². The van der Waals surface area contributed by atoms with Gasteiger partial charge >= 0.3 is 0 Å². The van der Waals surface area contributed by atoms with E-state index in [4.69, 9.17) is 0 Å². The minimum atomic E-state index is -0.770. The van der Waals surface area contributed by atoms with Crippen LogP contribution in [0.4, 0.5) is 8.78 Å². The second-order valence-corrected chi connectivity index (χ2v) is 5.29. The van der Waals surface area contributed by atoms with Crippen LogP contribution in [0.3, 0.4) is 0 Å². The molecular weight excluding hydrogens is 232 g/mol. The predicted octanol–water partition coefficient (Wildman–Crippen LogP) is 3.92. The van der Waals surface area contributed by atoms with Crippen molar-refractivity contribution in [3.8, 4) is 0 Å². The summed E-state index contributed by atoms with van der Waals surface area (Å²) >= 11 is 0. The molecule has 0 bridgehead atoms. The van der Waals surface area contributed by atoms with Crippen molar-refractivity contribution < 1.29 is 8.78 Å². The normalized spacial score (nSPS) is 13.0. The Morgan fingerprint density at radius 3 is 2.39 bits per heavy atom. The molecule has 0 aromatic heterocycles. The summed E-state index contributed by atoms with van der Waals surface area (Å²) in [5, 5.41) is 3.38. The maximum atomic E-state index is 13.0. The van der Waals surface area contributed by atoms with Gasteiger partial charge in [-0.05, 0) is 49.4 Å². The Balaban J connectivity index is 2.29. The van der Waals surface area contributed by atoms with E-state index in [0.29, 0.717) is 12.0 Å². The summed E-state index contributed by atoms with van der Waals surface area (Å²) in [6.45, 7) is 7.47. The lowest BCUT2D eigenvalue weighted by Crippen LogP contribution is -2.25. The third-order valence-electron chi connectivity index (χ3n) is 3.10. The number of hydrogen-bond acceptors (Lipinski definition) is 1. The summed E-state index contributed by atoms with van der Waals surface area (Å²) in [5.41, 5.74) is 0.873. The molecule has 0 aliphatic heterocycles. The molecule has 3 heteroatoms. The van der Waals surface area contributed by atoms with Crippen LogP contribution in [-0.4, -0.2) is 12.6 Å². The minimum absolute atomic E-state index is 0.517. The average Bonchev–Trinajstić information content (AvgIpc) is 2.30. The Morgan fingerprint density at radius 2 is 1.78 bits per heavy atom. The van der Waals surface area contributed by atoms with E-state index in [1.165, 1.54) is 12.1 Å². The number of hydrogen-bond donors (Lipinski definition) is 1. The molecule has 1 N–H and O–H groups in total.